The highest BCUT2D eigenvalue weighted by Crippen LogP contribution is 2.19. The fraction of sp³-hybridized carbons (Fsp3) is 0.250. The molecule has 0 heterocycles. The van der Waals surface area contributed by atoms with E-state index in [0.29, 0.717) is 5.56 Å². The molecule has 1 aromatic rings. The summed E-state index contributed by atoms with van der Waals surface area (Å²) in [5.74, 6) is -0.302. The lowest BCUT2D eigenvalue weighted by Crippen LogP contribution is -2.04. The van der Waals surface area contributed by atoms with Gasteiger partial charge in [0.2, 0.25) is 0 Å². The van der Waals surface area contributed by atoms with Gasteiger partial charge in [0.05, 0.1) is 12.7 Å². The number of carbonyl (C=O) groups is 1. The Bertz CT molecular complexity index is 397. The van der Waals surface area contributed by atoms with Crippen LogP contribution in [0.25, 0.3) is 5.57 Å². The molecule has 0 saturated heterocycles. The lowest BCUT2D eigenvalue weighted by atomic mass is 10.0. The van der Waals surface area contributed by atoms with Crippen LogP contribution in [-0.2, 0) is 4.74 Å². The molecule has 0 aliphatic heterocycles. The van der Waals surface area contributed by atoms with Crippen molar-refractivity contribution in [3.05, 3.63) is 41.5 Å². The maximum Gasteiger partial charge on any atom is 0.338 e. The van der Waals surface area contributed by atoms with Crippen molar-refractivity contribution in [2.45, 2.75) is 6.92 Å². The first-order valence-corrected chi connectivity index (χ1v) is 5.65. The summed E-state index contributed by atoms with van der Waals surface area (Å²) in [5.41, 5.74) is 3.54. The number of esters is 1. The zero-order chi connectivity index (χ0) is 11.4. The van der Waals surface area contributed by atoms with Crippen molar-refractivity contribution in [2.24, 2.45) is 0 Å². The van der Waals surface area contributed by atoms with Crippen molar-refractivity contribution < 1.29 is 9.53 Å². The number of alkyl halides is 1. The van der Waals surface area contributed by atoms with E-state index in [2.05, 4.69) is 27.2 Å². The quantitative estimate of drug-likeness (QED) is 0.622. The molecule has 0 fully saturated rings. The van der Waals surface area contributed by atoms with Gasteiger partial charge in [-0.05, 0) is 29.7 Å². The summed E-state index contributed by atoms with van der Waals surface area (Å²) >= 11 is 3.35. The summed E-state index contributed by atoms with van der Waals surface area (Å²) < 4.78 is 4.67. The molecule has 0 aliphatic carbocycles. The second kappa shape index (κ2) is 5.12. The molecule has 1 rings (SSSR count). The van der Waals surface area contributed by atoms with E-state index in [1.807, 2.05) is 19.1 Å². The molecule has 0 aromatic heterocycles. The predicted molar refractivity (Wildman–Crippen MR) is 65.3 cm³/mol. The monoisotopic (exact) mass is 268 g/mol. The molecular weight excluding hydrogens is 256 g/mol. The predicted octanol–water partition coefficient (Wildman–Crippen LogP) is 3.19. The first kappa shape index (κ1) is 12.0. The fourth-order valence-corrected chi connectivity index (χ4v) is 1.62. The van der Waals surface area contributed by atoms with Crippen LogP contribution in [0.3, 0.4) is 0 Å². The number of ether oxygens (including phenoxy) is 1. The van der Waals surface area contributed by atoms with Gasteiger partial charge in [-0.15, -0.1) is 0 Å². The maximum atomic E-state index is 11.3. The second-order valence-electron chi connectivity index (χ2n) is 3.26. The summed E-state index contributed by atoms with van der Waals surface area (Å²) in [4.78, 5) is 11.3. The number of aryl methyl sites for hydroxylation is 1. The molecule has 0 N–H and O–H groups in total. The molecule has 3 heteroatoms. The van der Waals surface area contributed by atoms with E-state index in [0.717, 1.165) is 22.0 Å². The third-order valence-corrected chi connectivity index (χ3v) is 2.88. The Morgan fingerprint density at radius 1 is 1.53 bits per heavy atom. The van der Waals surface area contributed by atoms with Crippen LogP contribution < -0.4 is 0 Å². The van der Waals surface area contributed by atoms with Crippen LogP contribution in [0.2, 0.25) is 0 Å². The molecule has 0 atom stereocenters. The summed E-state index contributed by atoms with van der Waals surface area (Å²) in [6, 6.07) is 5.59. The van der Waals surface area contributed by atoms with E-state index in [1.165, 1.54) is 7.11 Å². The van der Waals surface area contributed by atoms with Gasteiger partial charge in [-0.2, -0.15) is 0 Å². The van der Waals surface area contributed by atoms with Crippen LogP contribution in [0, 0.1) is 6.92 Å². The van der Waals surface area contributed by atoms with Crippen LogP contribution in [0.1, 0.15) is 21.5 Å². The van der Waals surface area contributed by atoms with E-state index in [4.69, 9.17) is 0 Å². The van der Waals surface area contributed by atoms with E-state index in [9.17, 15) is 4.79 Å². The molecule has 1 aromatic carbocycles. The van der Waals surface area contributed by atoms with Crippen LogP contribution in [-0.4, -0.2) is 18.4 Å². The summed E-state index contributed by atoms with van der Waals surface area (Å²) in [7, 11) is 1.38. The number of hydrogen-bond donors (Lipinski definition) is 0. The Kier molecular flexibility index (Phi) is 4.09. The third kappa shape index (κ3) is 2.69. The SMILES string of the molecule is C=C(CBr)c1ccc(C(=O)OC)c(C)c1. The van der Waals surface area contributed by atoms with Crippen LogP contribution in [0.4, 0.5) is 0 Å². The average Bonchev–Trinajstić information content (AvgIpc) is 2.26. The molecule has 0 radical (unpaired) electrons. The van der Waals surface area contributed by atoms with Gasteiger partial charge in [-0.25, -0.2) is 4.79 Å². The Labute approximate surface area is 98.1 Å². The zero-order valence-electron chi connectivity index (χ0n) is 8.84. The van der Waals surface area contributed by atoms with Gasteiger partial charge in [0.25, 0.3) is 0 Å². The summed E-state index contributed by atoms with van der Waals surface area (Å²) in [6.07, 6.45) is 0. The topological polar surface area (TPSA) is 26.3 Å². The first-order chi connectivity index (χ1) is 7.10. The lowest BCUT2D eigenvalue weighted by molar-refractivity contribution is 0.0600. The number of hydrogen-bond acceptors (Lipinski definition) is 2. The Morgan fingerprint density at radius 3 is 2.67 bits per heavy atom. The molecule has 0 amide bonds. The normalized spacial score (nSPS) is 9.80. The highest BCUT2D eigenvalue weighted by molar-refractivity contribution is 9.09. The van der Waals surface area contributed by atoms with Gasteiger partial charge < -0.3 is 4.74 Å². The Balaban J connectivity index is 3.08. The first-order valence-electron chi connectivity index (χ1n) is 4.53. The summed E-state index contributed by atoms with van der Waals surface area (Å²) in [6.45, 7) is 5.80. The molecule has 15 heavy (non-hydrogen) atoms. The van der Waals surface area contributed by atoms with Gasteiger partial charge in [0, 0.05) is 5.33 Å². The zero-order valence-corrected chi connectivity index (χ0v) is 10.4. The average molecular weight is 269 g/mol. The van der Waals surface area contributed by atoms with Crippen LogP contribution in [0.15, 0.2) is 24.8 Å². The molecule has 0 bridgehead atoms. The second-order valence-corrected chi connectivity index (χ2v) is 3.82. The maximum absolute atomic E-state index is 11.3. The van der Waals surface area contributed by atoms with Crippen LogP contribution in [0.5, 0.6) is 0 Å². The van der Waals surface area contributed by atoms with Crippen molar-refractivity contribution in [1.29, 1.82) is 0 Å². The minimum Gasteiger partial charge on any atom is -0.465 e. The van der Waals surface area contributed by atoms with Gasteiger partial charge in [-0.3, -0.25) is 0 Å². The van der Waals surface area contributed by atoms with E-state index in [-0.39, 0.29) is 5.97 Å². The van der Waals surface area contributed by atoms with E-state index in [1.54, 1.807) is 6.07 Å². The van der Waals surface area contributed by atoms with Crippen molar-refractivity contribution in [3.8, 4) is 0 Å². The fourth-order valence-electron chi connectivity index (χ4n) is 1.30. The van der Waals surface area contributed by atoms with E-state index < -0.39 is 0 Å². The number of rotatable bonds is 3. The van der Waals surface area contributed by atoms with Crippen molar-refractivity contribution in [3.63, 3.8) is 0 Å². The number of carbonyl (C=O) groups excluding carboxylic acids is 1. The van der Waals surface area contributed by atoms with Gasteiger partial charge in [0.15, 0.2) is 0 Å². The minimum atomic E-state index is -0.302. The third-order valence-electron chi connectivity index (χ3n) is 2.20. The lowest BCUT2D eigenvalue weighted by Gasteiger charge is -2.07. The Hall–Kier alpha value is -1.09. The van der Waals surface area contributed by atoms with Gasteiger partial charge in [0.1, 0.15) is 0 Å². The molecule has 0 unspecified atom stereocenters. The van der Waals surface area contributed by atoms with Gasteiger partial charge >= 0.3 is 5.97 Å². The Morgan fingerprint density at radius 2 is 2.20 bits per heavy atom. The standard InChI is InChI=1S/C12H13BrO2/c1-8-6-10(9(2)7-13)4-5-11(8)12(14)15-3/h4-6H,2,7H2,1,3H3. The van der Waals surface area contributed by atoms with Gasteiger partial charge in [-0.1, -0.05) is 34.6 Å². The molecule has 0 saturated carbocycles. The van der Waals surface area contributed by atoms with Crippen molar-refractivity contribution in [1.82, 2.24) is 0 Å². The summed E-state index contributed by atoms with van der Waals surface area (Å²) in [5, 5.41) is 0.726. The molecule has 80 valence electrons. The largest absolute Gasteiger partial charge is 0.465 e. The molecule has 2 nitrogen and oxygen atoms in total. The number of halogens is 1. The number of methoxy groups -OCH3 is 1. The molecular formula is C12H13BrO2. The van der Waals surface area contributed by atoms with Crippen molar-refractivity contribution in [2.75, 3.05) is 12.4 Å². The van der Waals surface area contributed by atoms with Crippen molar-refractivity contribution >= 4 is 27.5 Å². The number of benzene rings is 1. The number of allylic oxidation sites excluding steroid dienone is 1. The highest BCUT2D eigenvalue weighted by Gasteiger charge is 2.09. The molecule has 0 spiro atoms. The minimum absolute atomic E-state index is 0.302. The molecule has 0 aliphatic rings. The van der Waals surface area contributed by atoms with E-state index >= 15 is 0 Å². The van der Waals surface area contributed by atoms with Crippen LogP contribution >= 0.6 is 15.9 Å². The smallest absolute Gasteiger partial charge is 0.338 e. The highest BCUT2D eigenvalue weighted by atomic mass is 79.9.